The topological polar surface area (TPSA) is 45.2 Å². The summed E-state index contributed by atoms with van der Waals surface area (Å²) in [5.41, 5.74) is 4.73. The van der Waals surface area contributed by atoms with E-state index in [9.17, 15) is 4.79 Å². The maximum Gasteiger partial charge on any atom is 0.274 e. The summed E-state index contributed by atoms with van der Waals surface area (Å²) >= 11 is 0. The van der Waals surface area contributed by atoms with Crippen LogP contribution in [0.1, 0.15) is 49.3 Å². The Morgan fingerprint density at radius 3 is 2.08 bits per heavy atom. The number of nitrogens with zero attached hydrogens (tertiary/aromatic N) is 2. The van der Waals surface area contributed by atoms with Crippen molar-refractivity contribution in [2.75, 3.05) is 23.3 Å². The minimum atomic E-state index is -0.156. The number of pyridine rings is 1. The second kappa shape index (κ2) is 8.48. The molecule has 2 rings (SSSR count). The molecule has 1 aromatic heterocycles. The molecule has 0 radical (unpaired) electrons. The molecule has 4 nitrogen and oxygen atoms in total. The van der Waals surface area contributed by atoms with E-state index < -0.39 is 0 Å². The summed E-state index contributed by atoms with van der Waals surface area (Å²) in [5, 5.41) is 3.06. The number of aryl methyl sites for hydroxylation is 2. The monoisotopic (exact) mass is 325 g/mol. The molecule has 1 N–H and O–H groups in total. The smallest absolute Gasteiger partial charge is 0.274 e. The molecule has 0 aliphatic rings. The Kier molecular flexibility index (Phi) is 6.36. The third kappa shape index (κ3) is 3.94. The Hall–Kier alpha value is -2.36. The van der Waals surface area contributed by atoms with E-state index in [-0.39, 0.29) is 5.91 Å². The van der Waals surface area contributed by atoms with E-state index in [0.29, 0.717) is 5.69 Å². The number of para-hydroxylation sites is 1. The van der Waals surface area contributed by atoms with Gasteiger partial charge >= 0.3 is 0 Å². The van der Waals surface area contributed by atoms with E-state index in [1.54, 1.807) is 12.3 Å². The van der Waals surface area contributed by atoms with Crippen molar-refractivity contribution in [2.24, 2.45) is 0 Å². The van der Waals surface area contributed by atoms with Crippen molar-refractivity contribution in [1.29, 1.82) is 0 Å². The summed E-state index contributed by atoms with van der Waals surface area (Å²) in [6.45, 7) is 10.3. The average Bonchev–Trinajstić information content (AvgIpc) is 2.63. The van der Waals surface area contributed by atoms with Crippen LogP contribution in [0.15, 0.2) is 36.5 Å². The second-order valence-electron chi connectivity index (χ2n) is 5.69. The molecule has 0 atom stereocenters. The zero-order valence-corrected chi connectivity index (χ0v) is 15.1. The van der Waals surface area contributed by atoms with Crippen molar-refractivity contribution in [3.8, 4) is 0 Å². The molecule has 0 fully saturated rings. The Bertz CT molecular complexity index is 654. The number of amides is 1. The number of rotatable bonds is 7. The van der Waals surface area contributed by atoms with Gasteiger partial charge < -0.3 is 10.2 Å². The van der Waals surface area contributed by atoms with Gasteiger partial charge in [-0.2, -0.15) is 0 Å². The van der Waals surface area contributed by atoms with Crippen molar-refractivity contribution in [2.45, 2.75) is 40.5 Å². The maximum absolute atomic E-state index is 12.6. The molecule has 24 heavy (non-hydrogen) atoms. The number of carbonyl (C=O) groups excluding carboxylic acids is 1. The molecular weight excluding hydrogens is 298 g/mol. The van der Waals surface area contributed by atoms with E-state index in [4.69, 9.17) is 0 Å². The minimum Gasteiger partial charge on any atom is -0.371 e. The lowest BCUT2D eigenvalue weighted by atomic mass is 10.0. The highest BCUT2D eigenvalue weighted by atomic mass is 16.1. The molecule has 0 aliphatic carbocycles. The summed E-state index contributed by atoms with van der Waals surface area (Å²) in [5.74, 6) is -0.156. The summed E-state index contributed by atoms with van der Waals surface area (Å²) in [6.07, 6.45) is 3.55. The number of nitrogens with one attached hydrogen (secondary N) is 1. The molecule has 0 aliphatic heterocycles. The van der Waals surface area contributed by atoms with Crippen LogP contribution in [0.25, 0.3) is 0 Å². The van der Waals surface area contributed by atoms with Gasteiger partial charge in [0.05, 0.1) is 11.9 Å². The third-order valence-electron chi connectivity index (χ3n) is 4.35. The average molecular weight is 325 g/mol. The first-order chi connectivity index (χ1) is 11.6. The lowest BCUT2D eigenvalue weighted by molar-refractivity contribution is 0.102. The summed E-state index contributed by atoms with van der Waals surface area (Å²) in [7, 11) is 0. The van der Waals surface area contributed by atoms with Gasteiger partial charge in [0.15, 0.2) is 0 Å². The molecule has 4 heteroatoms. The molecule has 0 saturated carbocycles. The largest absolute Gasteiger partial charge is 0.371 e. The standard InChI is InChI=1S/C20H27N3O/c1-5-15-10-9-11-16(6-2)19(15)22-20(24)18-13-12-17(14-21-18)23(7-3)8-4/h9-14H,5-8H2,1-4H3,(H,22,24). The molecule has 0 spiro atoms. The molecule has 0 saturated heterocycles. The van der Waals surface area contributed by atoms with Crippen molar-refractivity contribution < 1.29 is 4.79 Å². The van der Waals surface area contributed by atoms with Gasteiger partial charge in [-0.3, -0.25) is 4.79 Å². The Morgan fingerprint density at radius 1 is 1.00 bits per heavy atom. The van der Waals surface area contributed by atoms with E-state index in [1.807, 2.05) is 12.1 Å². The van der Waals surface area contributed by atoms with Crippen LogP contribution in [0, 0.1) is 0 Å². The normalized spacial score (nSPS) is 10.5. The number of benzene rings is 1. The molecule has 1 amide bonds. The quantitative estimate of drug-likeness (QED) is 0.825. The van der Waals surface area contributed by atoms with Crippen molar-refractivity contribution in [1.82, 2.24) is 4.98 Å². The van der Waals surface area contributed by atoms with Gasteiger partial charge in [-0.25, -0.2) is 4.98 Å². The number of anilines is 2. The first-order valence-corrected chi connectivity index (χ1v) is 8.77. The van der Waals surface area contributed by atoms with Crippen LogP contribution in [0.5, 0.6) is 0 Å². The van der Waals surface area contributed by atoms with Crippen LogP contribution >= 0.6 is 0 Å². The second-order valence-corrected chi connectivity index (χ2v) is 5.69. The zero-order valence-electron chi connectivity index (χ0n) is 15.1. The molecule has 0 bridgehead atoms. The Balaban J connectivity index is 2.22. The molecule has 1 aromatic carbocycles. The molecule has 1 heterocycles. The Morgan fingerprint density at radius 2 is 1.62 bits per heavy atom. The van der Waals surface area contributed by atoms with Gasteiger partial charge in [0.25, 0.3) is 5.91 Å². The van der Waals surface area contributed by atoms with E-state index in [0.717, 1.165) is 48.4 Å². The lowest BCUT2D eigenvalue weighted by Gasteiger charge is -2.20. The van der Waals surface area contributed by atoms with Crippen molar-refractivity contribution in [3.05, 3.63) is 53.3 Å². The predicted molar refractivity (Wildman–Crippen MR) is 101 cm³/mol. The minimum absolute atomic E-state index is 0.156. The third-order valence-corrected chi connectivity index (χ3v) is 4.35. The summed E-state index contributed by atoms with van der Waals surface area (Å²) in [6, 6.07) is 9.92. The SMILES string of the molecule is CCc1cccc(CC)c1NC(=O)c1ccc(N(CC)CC)cn1. The van der Waals surface area contributed by atoms with Crippen LogP contribution in [-0.4, -0.2) is 24.0 Å². The Labute approximate surface area is 144 Å². The van der Waals surface area contributed by atoms with Gasteiger partial charge in [-0.15, -0.1) is 0 Å². The fraction of sp³-hybridized carbons (Fsp3) is 0.400. The van der Waals surface area contributed by atoms with Gasteiger partial charge in [0, 0.05) is 18.8 Å². The van der Waals surface area contributed by atoms with Crippen LogP contribution < -0.4 is 10.2 Å². The predicted octanol–water partition coefficient (Wildman–Crippen LogP) is 4.30. The highest BCUT2D eigenvalue weighted by Crippen LogP contribution is 2.23. The number of hydrogen-bond acceptors (Lipinski definition) is 3. The molecule has 0 unspecified atom stereocenters. The van der Waals surface area contributed by atoms with E-state index >= 15 is 0 Å². The fourth-order valence-corrected chi connectivity index (χ4v) is 2.88. The van der Waals surface area contributed by atoms with E-state index in [1.165, 1.54) is 0 Å². The highest BCUT2D eigenvalue weighted by Gasteiger charge is 2.13. The molecule has 128 valence electrons. The van der Waals surface area contributed by atoms with Crippen LogP contribution in [0.4, 0.5) is 11.4 Å². The van der Waals surface area contributed by atoms with Crippen molar-refractivity contribution >= 4 is 17.3 Å². The first-order valence-electron chi connectivity index (χ1n) is 8.77. The van der Waals surface area contributed by atoms with Crippen LogP contribution in [-0.2, 0) is 12.8 Å². The van der Waals surface area contributed by atoms with Gasteiger partial charge in [-0.05, 0) is 49.9 Å². The van der Waals surface area contributed by atoms with Crippen molar-refractivity contribution in [3.63, 3.8) is 0 Å². The first kappa shape index (κ1) is 18.0. The van der Waals surface area contributed by atoms with E-state index in [2.05, 4.69) is 55.0 Å². The highest BCUT2D eigenvalue weighted by molar-refractivity contribution is 6.03. The fourth-order valence-electron chi connectivity index (χ4n) is 2.88. The lowest BCUT2D eigenvalue weighted by Crippen LogP contribution is -2.22. The zero-order chi connectivity index (χ0) is 17.5. The van der Waals surface area contributed by atoms with Crippen LogP contribution in [0.2, 0.25) is 0 Å². The number of aromatic nitrogens is 1. The molecular formula is C20H27N3O. The summed E-state index contributed by atoms with van der Waals surface area (Å²) < 4.78 is 0. The maximum atomic E-state index is 12.6. The van der Waals surface area contributed by atoms with Gasteiger partial charge in [-0.1, -0.05) is 32.0 Å². The van der Waals surface area contributed by atoms with Gasteiger partial charge in [0.1, 0.15) is 5.69 Å². The summed E-state index contributed by atoms with van der Waals surface area (Å²) in [4.78, 5) is 19.1. The van der Waals surface area contributed by atoms with Gasteiger partial charge in [0.2, 0.25) is 0 Å². The number of carbonyl (C=O) groups is 1. The number of hydrogen-bond donors (Lipinski definition) is 1. The van der Waals surface area contributed by atoms with Crippen LogP contribution in [0.3, 0.4) is 0 Å². The molecule has 2 aromatic rings.